The van der Waals surface area contributed by atoms with Crippen molar-refractivity contribution in [1.82, 2.24) is 9.97 Å². The number of benzene rings is 2. The highest BCUT2D eigenvalue weighted by molar-refractivity contribution is 6.32. The molecule has 0 saturated carbocycles. The van der Waals surface area contributed by atoms with Gasteiger partial charge in [0.15, 0.2) is 11.6 Å². The van der Waals surface area contributed by atoms with Crippen molar-refractivity contribution in [3.8, 4) is 5.75 Å². The standard InChI is InChI=1S/C27H30ClFN6O4/c1-5-23(36)32-17-7-6-8-18(11-17)33-25-21(29)13-31-27(35-25)34-19-9-10-20(28)22(12-19)39-16(4)14-38-26(37)24(30)15(2)3/h5-13,15-16,24H,1,14,30H2,2-4H3,(H,32,36)(H2,31,33,34,35)/t16-,24?/m0/s1. The van der Waals surface area contributed by atoms with Crippen molar-refractivity contribution in [1.29, 1.82) is 0 Å². The number of nitrogens with zero attached hydrogens (tertiary/aromatic N) is 2. The minimum atomic E-state index is -0.717. The third-order valence-electron chi connectivity index (χ3n) is 5.29. The summed E-state index contributed by atoms with van der Waals surface area (Å²) in [6.07, 6.45) is 1.66. The highest BCUT2D eigenvalue weighted by atomic mass is 35.5. The highest BCUT2D eigenvalue weighted by Gasteiger charge is 2.20. The fourth-order valence-electron chi connectivity index (χ4n) is 3.14. The SMILES string of the molecule is C=CC(=O)Nc1cccc(Nc2nc(Nc3ccc(Cl)c(O[C@@H](C)COC(=O)C(N)C(C)C)c3)ncc2F)c1. The molecular weight excluding hydrogens is 527 g/mol. The third-order valence-corrected chi connectivity index (χ3v) is 5.60. The third kappa shape index (κ3) is 8.66. The maximum absolute atomic E-state index is 14.5. The maximum atomic E-state index is 14.5. The van der Waals surface area contributed by atoms with Crippen LogP contribution in [0.3, 0.4) is 0 Å². The number of hydrogen-bond donors (Lipinski definition) is 4. The summed E-state index contributed by atoms with van der Waals surface area (Å²) in [5.74, 6) is -1.26. The van der Waals surface area contributed by atoms with Crippen molar-refractivity contribution in [2.24, 2.45) is 11.7 Å². The molecule has 3 aromatic rings. The zero-order valence-corrected chi connectivity index (χ0v) is 22.5. The molecule has 0 aliphatic carbocycles. The van der Waals surface area contributed by atoms with Gasteiger partial charge < -0.3 is 31.2 Å². The number of anilines is 5. The molecular formula is C27H30ClFN6O4. The van der Waals surface area contributed by atoms with Crippen LogP contribution < -0.4 is 26.4 Å². The van der Waals surface area contributed by atoms with E-state index in [1.165, 1.54) is 0 Å². The van der Waals surface area contributed by atoms with Crippen LogP contribution in [0.1, 0.15) is 20.8 Å². The van der Waals surface area contributed by atoms with Crippen LogP contribution in [0.25, 0.3) is 0 Å². The number of ether oxygens (including phenoxy) is 2. The van der Waals surface area contributed by atoms with Gasteiger partial charge in [-0.3, -0.25) is 9.59 Å². The lowest BCUT2D eigenvalue weighted by molar-refractivity contribution is -0.148. The number of nitrogens with two attached hydrogens (primary N) is 1. The summed E-state index contributed by atoms with van der Waals surface area (Å²) < 4.78 is 25.5. The Morgan fingerprint density at radius 3 is 2.56 bits per heavy atom. The Labute approximate surface area is 230 Å². The molecule has 10 nitrogen and oxygen atoms in total. The molecule has 1 amide bonds. The topological polar surface area (TPSA) is 140 Å². The molecule has 2 atom stereocenters. The van der Waals surface area contributed by atoms with E-state index in [9.17, 15) is 14.0 Å². The summed E-state index contributed by atoms with van der Waals surface area (Å²) in [5, 5.41) is 8.83. The fourth-order valence-corrected chi connectivity index (χ4v) is 3.30. The predicted octanol–water partition coefficient (Wildman–Crippen LogP) is 5.17. The number of esters is 1. The van der Waals surface area contributed by atoms with E-state index in [1.807, 2.05) is 13.8 Å². The lowest BCUT2D eigenvalue weighted by Crippen LogP contribution is -2.38. The molecule has 0 aliphatic rings. The van der Waals surface area contributed by atoms with E-state index in [4.69, 9.17) is 26.8 Å². The molecule has 12 heteroatoms. The van der Waals surface area contributed by atoms with Gasteiger partial charge in [-0.25, -0.2) is 9.37 Å². The minimum absolute atomic E-state index is 0.0121. The number of rotatable bonds is 12. The summed E-state index contributed by atoms with van der Waals surface area (Å²) in [6, 6.07) is 10.9. The summed E-state index contributed by atoms with van der Waals surface area (Å²) >= 11 is 6.28. The fraction of sp³-hybridized carbons (Fsp3) is 0.259. The number of nitrogens with one attached hydrogen (secondary N) is 3. The Kier molecular flexibility index (Phi) is 10.2. The highest BCUT2D eigenvalue weighted by Crippen LogP contribution is 2.30. The number of aromatic nitrogens is 2. The molecule has 5 N–H and O–H groups in total. The Bertz CT molecular complexity index is 1340. The van der Waals surface area contributed by atoms with Crippen molar-refractivity contribution in [3.63, 3.8) is 0 Å². The molecule has 3 rings (SSSR count). The quantitative estimate of drug-likeness (QED) is 0.175. The van der Waals surface area contributed by atoms with Gasteiger partial charge in [0.2, 0.25) is 11.9 Å². The normalized spacial score (nSPS) is 12.3. The molecule has 1 unspecified atom stereocenters. The van der Waals surface area contributed by atoms with Gasteiger partial charge in [-0.05, 0) is 49.2 Å². The molecule has 0 fully saturated rings. The maximum Gasteiger partial charge on any atom is 0.323 e. The molecule has 1 aromatic heterocycles. The van der Waals surface area contributed by atoms with E-state index in [2.05, 4.69) is 32.5 Å². The molecule has 206 valence electrons. The van der Waals surface area contributed by atoms with Crippen molar-refractivity contribution in [2.45, 2.75) is 32.9 Å². The predicted molar refractivity (Wildman–Crippen MR) is 149 cm³/mol. The van der Waals surface area contributed by atoms with Crippen molar-refractivity contribution >= 4 is 52.3 Å². The van der Waals surface area contributed by atoms with Crippen LogP contribution in [0, 0.1) is 11.7 Å². The van der Waals surface area contributed by atoms with E-state index in [1.54, 1.807) is 49.4 Å². The van der Waals surface area contributed by atoms with Gasteiger partial charge in [-0.2, -0.15) is 4.98 Å². The Hall–Kier alpha value is -4.22. The first-order chi connectivity index (χ1) is 18.5. The monoisotopic (exact) mass is 556 g/mol. The zero-order chi connectivity index (χ0) is 28.5. The van der Waals surface area contributed by atoms with Gasteiger partial charge in [0.1, 0.15) is 24.5 Å². The van der Waals surface area contributed by atoms with Crippen LogP contribution in [0.5, 0.6) is 5.75 Å². The molecule has 39 heavy (non-hydrogen) atoms. The van der Waals surface area contributed by atoms with E-state index in [0.29, 0.717) is 27.8 Å². The van der Waals surface area contributed by atoms with E-state index < -0.39 is 23.9 Å². The largest absolute Gasteiger partial charge is 0.486 e. The van der Waals surface area contributed by atoms with Crippen LogP contribution in [-0.2, 0) is 14.3 Å². The van der Waals surface area contributed by atoms with Gasteiger partial charge in [-0.15, -0.1) is 0 Å². The van der Waals surface area contributed by atoms with Crippen molar-refractivity contribution < 1.29 is 23.5 Å². The molecule has 0 bridgehead atoms. The average Bonchev–Trinajstić information content (AvgIpc) is 2.90. The minimum Gasteiger partial charge on any atom is -0.486 e. The summed E-state index contributed by atoms with van der Waals surface area (Å²) in [7, 11) is 0. The molecule has 0 aliphatic heterocycles. The lowest BCUT2D eigenvalue weighted by Gasteiger charge is -2.19. The average molecular weight is 557 g/mol. The number of halogens is 2. The molecule has 0 radical (unpaired) electrons. The van der Waals surface area contributed by atoms with Crippen LogP contribution in [0.4, 0.5) is 33.2 Å². The van der Waals surface area contributed by atoms with Crippen LogP contribution in [-0.4, -0.2) is 40.6 Å². The van der Waals surface area contributed by atoms with E-state index in [-0.39, 0.29) is 30.2 Å². The first kappa shape index (κ1) is 29.3. The first-order valence-corrected chi connectivity index (χ1v) is 12.4. The Morgan fingerprint density at radius 2 is 1.85 bits per heavy atom. The Morgan fingerprint density at radius 1 is 1.13 bits per heavy atom. The number of amides is 1. The molecule has 1 heterocycles. The van der Waals surface area contributed by atoms with Crippen molar-refractivity contribution in [3.05, 3.63) is 72.2 Å². The zero-order valence-electron chi connectivity index (χ0n) is 21.7. The van der Waals surface area contributed by atoms with Crippen molar-refractivity contribution in [2.75, 3.05) is 22.6 Å². The molecule has 2 aromatic carbocycles. The van der Waals surface area contributed by atoms with E-state index >= 15 is 0 Å². The lowest BCUT2D eigenvalue weighted by atomic mass is 10.1. The van der Waals surface area contributed by atoms with E-state index in [0.717, 1.165) is 12.3 Å². The van der Waals surface area contributed by atoms with Crippen LogP contribution in [0.15, 0.2) is 61.3 Å². The first-order valence-electron chi connectivity index (χ1n) is 12.0. The van der Waals surface area contributed by atoms with Gasteiger partial charge in [-0.1, -0.05) is 38.1 Å². The van der Waals surface area contributed by atoms with Crippen LogP contribution in [0.2, 0.25) is 5.02 Å². The number of hydrogen-bond acceptors (Lipinski definition) is 9. The van der Waals surface area contributed by atoms with Gasteiger partial charge >= 0.3 is 5.97 Å². The second kappa shape index (κ2) is 13.5. The summed E-state index contributed by atoms with van der Waals surface area (Å²) in [4.78, 5) is 31.7. The smallest absolute Gasteiger partial charge is 0.323 e. The second-order valence-corrected chi connectivity index (χ2v) is 9.30. The van der Waals surface area contributed by atoms with Gasteiger partial charge in [0.05, 0.1) is 11.2 Å². The number of carbonyl (C=O) groups excluding carboxylic acids is 2. The van der Waals surface area contributed by atoms with Crippen LogP contribution >= 0.6 is 11.6 Å². The summed E-state index contributed by atoms with van der Waals surface area (Å²) in [5.41, 5.74) is 7.32. The van der Waals surface area contributed by atoms with Gasteiger partial charge in [0, 0.05) is 23.1 Å². The van der Waals surface area contributed by atoms with Gasteiger partial charge in [0.25, 0.3) is 0 Å². The second-order valence-electron chi connectivity index (χ2n) is 8.89. The Balaban J connectivity index is 1.68. The molecule has 0 spiro atoms. The molecule has 0 saturated heterocycles. The number of carbonyl (C=O) groups is 2. The summed E-state index contributed by atoms with van der Waals surface area (Å²) in [6.45, 7) is 8.79.